The van der Waals surface area contributed by atoms with Gasteiger partial charge in [0.05, 0.1) is 9.92 Å². The molecule has 1 unspecified atom stereocenters. The Kier molecular flexibility index (Phi) is 9.49. The highest BCUT2D eigenvalue weighted by Crippen LogP contribution is 2.21. The van der Waals surface area contributed by atoms with Crippen molar-refractivity contribution in [2.24, 2.45) is 0 Å². The predicted octanol–water partition coefficient (Wildman–Crippen LogP) is 3.06. The molecule has 1 aromatic carbocycles. The number of aromatic nitrogens is 1. The maximum Gasteiger partial charge on any atom is 0.287 e. The summed E-state index contributed by atoms with van der Waals surface area (Å²) >= 11 is 6.03. The molecule has 1 saturated heterocycles. The molecule has 1 aromatic heterocycles. The number of nitrogen functional groups attached to an aromatic ring is 1. The molecule has 1 atom stereocenters. The molecule has 1 aliphatic heterocycles. The van der Waals surface area contributed by atoms with Crippen molar-refractivity contribution in [3.63, 3.8) is 0 Å². The Morgan fingerprint density at radius 1 is 1.19 bits per heavy atom. The van der Waals surface area contributed by atoms with E-state index in [1.807, 2.05) is 13.8 Å². The van der Waals surface area contributed by atoms with E-state index >= 15 is 0 Å². The van der Waals surface area contributed by atoms with E-state index in [1.165, 1.54) is 4.68 Å². The third kappa shape index (κ3) is 7.76. The topological polar surface area (TPSA) is 106 Å². The summed E-state index contributed by atoms with van der Waals surface area (Å²) in [5.74, 6) is 11.7. The molecule has 2 aromatic rings. The molecule has 32 heavy (non-hydrogen) atoms. The van der Waals surface area contributed by atoms with Gasteiger partial charge in [-0.25, -0.2) is 14.3 Å². The Hall–Kier alpha value is -2.15. The van der Waals surface area contributed by atoms with E-state index in [2.05, 4.69) is 11.8 Å². The van der Waals surface area contributed by atoms with E-state index in [0.29, 0.717) is 28.5 Å². The van der Waals surface area contributed by atoms with Crippen LogP contribution in [0.1, 0.15) is 47.2 Å². The number of rotatable bonds is 3. The summed E-state index contributed by atoms with van der Waals surface area (Å²) in [5.41, 5.74) is 3.58. The number of halogens is 1. The largest absolute Gasteiger partial charge is 0.744 e. The molecule has 2 N–H and O–H groups in total. The van der Waals surface area contributed by atoms with Crippen molar-refractivity contribution in [1.82, 2.24) is 0 Å². The molecular formula is C23H29ClN2O5S. The minimum Gasteiger partial charge on any atom is -0.744 e. The molecule has 0 bridgehead atoms. The van der Waals surface area contributed by atoms with Crippen molar-refractivity contribution in [1.29, 1.82) is 0 Å². The zero-order valence-corrected chi connectivity index (χ0v) is 20.3. The van der Waals surface area contributed by atoms with Gasteiger partial charge in [0, 0.05) is 24.2 Å². The molecule has 0 aliphatic carbocycles. The Labute approximate surface area is 195 Å². The van der Waals surface area contributed by atoms with Crippen molar-refractivity contribution in [2.45, 2.75) is 58.1 Å². The molecule has 7 nitrogen and oxygen atoms in total. The fourth-order valence-corrected chi connectivity index (χ4v) is 4.47. The van der Waals surface area contributed by atoms with Gasteiger partial charge < -0.3 is 14.0 Å². The quantitative estimate of drug-likeness (QED) is 0.313. The van der Waals surface area contributed by atoms with Gasteiger partial charge in [-0.1, -0.05) is 39.9 Å². The van der Waals surface area contributed by atoms with Crippen LogP contribution in [0.4, 0.5) is 0 Å². The van der Waals surface area contributed by atoms with Crippen LogP contribution in [0.5, 0.6) is 0 Å². The van der Waals surface area contributed by atoms with Crippen LogP contribution in [-0.4, -0.2) is 32.5 Å². The lowest BCUT2D eigenvalue weighted by Crippen LogP contribution is -2.47. The minimum atomic E-state index is -4.33. The molecule has 2 heterocycles. The van der Waals surface area contributed by atoms with Gasteiger partial charge in [-0.15, -0.1) is 0 Å². The predicted molar refractivity (Wildman–Crippen MR) is 122 cm³/mol. The lowest BCUT2D eigenvalue weighted by Gasteiger charge is -2.21. The number of nitrogens with zero attached hydrogens (tertiary/aromatic N) is 1. The fourth-order valence-electron chi connectivity index (χ4n) is 3.41. The standard InChI is InChI=1S/C14H18ClN2O2.C9H12O3S/c1-11-10-17(16)12(9-13(11)15)5-4-8-19-14-6-2-3-7-18-14;1-6-4-7(2)9(8(3)5-6)13(10,11)12/h9-10,14H,2-3,6-8,16H2,1H3;4-5H,1-3H3,(H,10,11,12)/q+1;/p-1. The van der Waals surface area contributed by atoms with Crippen LogP contribution in [0.3, 0.4) is 0 Å². The first-order valence-electron chi connectivity index (χ1n) is 10.2. The molecule has 0 saturated carbocycles. The molecule has 174 valence electrons. The van der Waals surface area contributed by atoms with E-state index in [-0.39, 0.29) is 11.2 Å². The van der Waals surface area contributed by atoms with E-state index < -0.39 is 10.1 Å². The molecule has 0 radical (unpaired) electrons. The van der Waals surface area contributed by atoms with Gasteiger partial charge in [0.15, 0.2) is 6.29 Å². The third-order valence-electron chi connectivity index (χ3n) is 4.80. The monoisotopic (exact) mass is 480 g/mol. The van der Waals surface area contributed by atoms with Crippen molar-refractivity contribution in [3.8, 4) is 11.8 Å². The highest BCUT2D eigenvalue weighted by Gasteiger charge is 2.13. The summed E-state index contributed by atoms with van der Waals surface area (Å²) in [7, 11) is -4.33. The van der Waals surface area contributed by atoms with E-state index in [4.69, 9.17) is 26.9 Å². The van der Waals surface area contributed by atoms with Gasteiger partial charge in [-0.05, 0) is 58.1 Å². The van der Waals surface area contributed by atoms with Crippen LogP contribution in [-0.2, 0) is 19.6 Å². The van der Waals surface area contributed by atoms with Crippen LogP contribution in [0.15, 0.2) is 29.3 Å². The SMILES string of the molecule is Cc1c[n+](N)c(C#CCOC2CCCCO2)cc1Cl.Cc1cc(C)c(S(=O)(=O)[O-])c(C)c1. The average Bonchev–Trinajstić information content (AvgIpc) is 2.68. The third-order valence-corrected chi connectivity index (χ3v) is 6.35. The van der Waals surface area contributed by atoms with Gasteiger partial charge >= 0.3 is 0 Å². The van der Waals surface area contributed by atoms with Gasteiger partial charge in [-0.2, -0.15) is 0 Å². The number of benzene rings is 1. The Morgan fingerprint density at radius 2 is 1.84 bits per heavy atom. The first-order valence-corrected chi connectivity index (χ1v) is 12.0. The molecule has 9 heteroatoms. The number of hydrogen-bond donors (Lipinski definition) is 1. The first-order chi connectivity index (χ1) is 15.0. The van der Waals surface area contributed by atoms with Crippen LogP contribution in [0.25, 0.3) is 0 Å². The second-order valence-electron chi connectivity index (χ2n) is 7.69. The number of aryl methyl sites for hydroxylation is 4. The second-order valence-corrected chi connectivity index (χ2v) is 9.41. The number of hydrogen-bond acceptors (Lipinski definition) is 6. The summed E-state index contributed by atoms with van der Waals surface area (Å²) in [6.45, 7) is 8.12. The maximum absolute atomic E-state index is 10.8. The van der Waals surface area contributed by atoms with Crippen LogP contribution in [0, 0.1) is 39.5 Å². The van der Waals surface area contributed by atoms with E-state index in [1.54, 1.807) is 38.2 Å². The lowest BCUT2D eigenvalue weighted by molar-refractivity contribution is -0.641. The smallest absolute Gasteiger partial charge is 0.287 e. The summed E-state index contributed by atoms with van der Waals surface area (Å²) in [5, 5.41) is 0.655. The van der Waals surface area contributed by atoms with Gasteiger partial charge in [0.1, 0.15) is 16.7 Å². The van der Waals surface area contributed by atoms with Gasteiger partial charge in [0.2, 0.25) is 6.20 Å². The Bertz CT molecular complexity index is 1090. The normalized spacial score (nSPS) is 15.9. The van der Waals surface area contributed by atoms with Crippen LogP contribution < -0.4 is 10.5 Å². The van der Waals surface area contributed by atoms with Crippen molar-refractivity contribution >= 4 is 21.7 Å². The van der Waals surface area contributed by atoms with Gasteiger partial charge in [-0.3, -0.25) is 0 Å². The molecular weight excluding hydrogens is 452 g/mol. The number of pyridine rings is 1. The fraction of sp³-hybridized carbons (Fsp3) is 0.435. The van der Waals surface area contributed by atoms with Gasteiger partial charge in [0.25, 0.3) is 5.69 Å². The molecule has 0 spiro atoms. The second kappa shape index (κ2) is 11.6. The minimum absolute atomic E-state index is 0.0851. The first kappa shape index (κ1) is 26.1. The Morgan fingerprint density at radius 3 is 2.41 bits per heavy atom. The molecule has 0 amide bonds. The number of ether oxygens (including phenoxy) is 2. The highest BCUT2D eigenvalue weighted by atomic mass is 35.5. The van der Waals surface area contributed by atoms with Crippen LogP contribution in [0.2, 0.25) is 5.02 Å². The lowest BCUT2D eigenvalue weighted by atomic mass is 10.1. The molecule has 3 rings (SSSR count). The summed E-state index contributed by atoms with van der Waals surface area (Å²) in [6, 6.07) is 5.14. The zero-order chi connectivity index (χ0) is 23.9. The van der Waals surface area contributed by atoms with Crippen molar-refractivity contribution in [2.75, 3.05) is 19.1 Å². The average molecular weight is 481 g/mol. The Balaban J connectivity index is 0.000000244. The zero-order valence-electron chi connectivity index (χ0n) is 18.8. The molecule has 1 fully saturated rings. The maximum atomic E-state index is 10.8. The van der Waals surface area contributed by atoms with E-state index in [0.717, 1.165) is 37.0 Å². The summed E-state index contributed by atoms with van der Waals surface area (Å²) < 4.78 is 44.9. The summed E-state index contributed by atoms with van der Waals surface area (Å²) in [4.78, 5) is -0.0851. The molecule has 1 aliphatic rings. The van der Waals surface area contributed by atoms with E-state index in [9.17, 15) is 13.0 Å². The highest BCUT2D eigenvalue weighted by molar-refractivity contribution is 7.85. The van der Waals surface area contributed by atoms with Crippen molar-refractivity contribution in [3.05, 3.63) is 57.4 Å². The number of nitrogens with two attached hydrogens (primary N) is 1. The van der Waals surface area contributed by atoms with Crippen LogP contribution >= 0.6 is 11.6 Å². The van der Waals surface area contributed by atoms with Crippen molar-refractivity contribution < 1.29 is 27.1 Å². The summed E-state index contributed by atoms with van der Waals surface area (Å²) in [6.07, 6.45) is 4.83.